The van der Waals surface area contributed by atoms with Crippen LogP contribution in [0.2, 0.25) is 0 Å². The van der Waals surface area contributed by atoms with Gasteiger partial charge in [0, 0.05) is 19.2 Å². The summed E-state index contributed by atoms with van der Waals surface area (Å²) in [6.07, 6.45) is 0. The number of carbonyl (C=O) groups excluding carboxylic acids is 1. The summed E-state index contributed by atoms with van der Waals surface area (Å²) in [5.74, 6) is 5.40. The molecule has 1 unspecified atom stereocenters. The van der Waals surface area contributed by atoms with Gasteiger partial charge < -0.3 is 15.1 Å². The van der Waals surface area contributed by atoms with E-state index in [1.807, 2.05) is 32.9 Å². The van der Waals surface area contributed by atoms with Gasteiger partial charge in [0.25, 0.3) is 5.91 Å². The van der Waals surface area contributed by atoms with Crippen LogP contribution in [0.1, 0.15) is 29.8 Å². The number of nitrogens with zero attached hydrogens (tertiary/aromatic N) is 1. The first-order chi connectivity index (χ1) is 9.04. The molecular formula is C14H23N3O2. The molecule has 1 aromatic rings. The number of benzene rings is 1. The second-order valence-electron chi connectivity index (χ2n) is 4.57. The Balaban J connectivity index is 2.94. The van der Waals surface area contributed by atoms with E-state index in [1.54, 1.807) is 18.1 Å². The number of aryl methyl sites for hydroxylation is 1. The summed E-state index contributed by atoms with van der Waals surface area (Å²) in [5.41, 5.74) is 5.04. The average Bonchev–Trinajstić information content (AvgIpc) is 2.39. The minimum atomic E-state index is 0.0127. The number of hydrogen-bond acceptors (Lipinski definition) is 4. The van der Waals surface area contributed by atoms with Gasteiger partial charge in [0.05, 0.1) is 18.3 Å². The van der Waals surface area contributed by atoms with Gasteiger partial charge in [0.2, 0.25) is 0 Å². The van der Waals surface area contributed by atoms with Crippen molar-refractivity contribution in [1.82, 2.24) is 4.90 Å². The Morgan fingerprint density at radius 1 is 1.53 bits per heavy atom. The predicted octanol–water partition coefficient (Wildman–Crippen LogP) is 1.78. The maximum Gasteiger partial charge on any atom is 0.254 e. The van der Waals surface area contributed by atoms with Crippen molar-refractivity contribution in [2.75, 3.05) is 25.7 Å². The number of carbonyl (C=O) groups is 1. The fraction of sp³-hybridized carbons (Fsp3) is 0.500. The first-order valence-corrected chi connectivity index (χ1v) is 6.42. The SMILES string of the molecule is CCN(C(=O)c1ccc(NN)c(C)c1)C(C)COC. The second kappa shape index (κ2) is 7.11. The third-order valence-corrected chi connectivity index (χ3v) is 3.17. The molecule has 0 saturated carbocycles. The molecule has 3 N–H and O–H groups in total. The standard InChI is InChI=1S/C14H23N3O2/c1-5-17(11(3)9-19-4)14(18)12-6-7-13(16-15)10(2)8-12/h6-8,11,16H,5,9,15H2,1-4H3. The number of ether oxygens (including phenoxy) is 1. The number of anilines is 1. The van der Waals surface area contributed by atoms with Gasteiger partial charge in [-0.3, -0.25) is 10.6 Å². The summed E-state index contributed by atoms with van der Waals surface area (Å²) in [4.78, 5) is 14.3. The Morgan fingerprint density at radius 2 is 2.21 bits per heavy atom. The van der Waals surface area contributed by atoms with Gasteiger partial charge in [-0.15, -0.1) is 0 Å². The number of nitrogens with two attached hydrogens (primary N) is 1. The van der Waals surface area contributed by atoms with E-state index in [0.717, 1.165) is 11.3 Å². The molecule has 1 rings (SSSR count). The topological polar surface area (TPSA) is 67.6 Å². The summed E-state index contributed by atoms with van der Waals surface area (Å²) in [6, 6.07) is 5.50. The molecule has 0 heterocycles. The van der Waals surface area contributed by atoms with Crippen molar-refractivity contribution >= 4 is 11.6 Å². The quantitative estimate of drug-likeness (QED) is 0.607. The Kier molecular flexibility index (Phi) is 5.79. The predicted molar refractivity (Wildman–Crippen MR) is 77.0 cm³/mol. The van der Waals surface area contributed by atoms with Gasteiger partial charge in [0.15, 0.2) is 0 Å². The third-order valence-electron chi connectivity index (χ3n) is 3.17. The zero-order valence-corrected chi connectivity index (χ0v) is 12.1. The van der Waals surface area contributed by atoms with Gasteiger partial charge >= 0.3 is 0 Å². The molecule has 0 saturated heterocycles. The minimum Gasteiger partial charge on any atom is -0.383 e. The zero-order valence-electron chi connectivity index (χ0n) is 12.1. The lowest BCUT2D eigenvalue weighted by Crippen LogP contribution is -2.40. The van der Waals surface area contributed by atoms with Crippen molar-refractivity contribution in [1.29, 1.82) is 0 Å². The second-order valence-corrected chi connectivity index (χ2v) is 4.57. The van der Waals surface area contributed by atoms with E-state index in [4.69, 9.17) is 10.6 Å². The van der Waals surface area contributed by atoms with Gasteiger partial charge in [-0.05, 0) is 44.5 Å². The summed E-state index contributed by atoms with van der Waals surface area (Å²) in [7, 11) is 1.64. The van der Waals surface area contributed by atoms with Crippen molar-refractivity contribution in [3.63, 3.8) is 0 Å². The van der Waals surface area contributed by atoms with Crippen LogP contribution in [0.3, 0.4) is 0 Å². The van der Waals surface area contributed by atoms with Crippen LogP contribution in [-0.4, -0.2) is 37.1 Å². The van der Waals surface area contributed by atoms with E-state index in [0.29, 0.717) is 18.7 Å². The molecule has 19 heavy (non-hydrogen) atoms. The monoisotopic (exact) mass is 265 g/mol. The fourth-order valence-corrected chi connectivity index (χ4v) is 2.11. The van der Waals surface area contributed by atoms with Crippen LogP contribution in [0.4, 0.5) is 5.69 Å². The number of nitrogen functional groups attached to an aromatic ring is 1. The molecular weight excluding hydrogens is 242 g/mol. The van der Waals surface area contributed by atoms with E-state index in [2.05, 4.69) is 5.43 Å². The van der Waals surface area contributed by atoms with Crippen LogP contribution in [0.5, 0.6) is 0 Å². The highest BCUT2D eigenvalue weighted by Gasteiger charge is 2.20. The fourth-order valence-electron chi connectivity index (χ4n) is 2.11. The summed E-state index contributed by atoms with van der Waals surface area (Å²) in [5, 5.41) is 0. The van der Waals surface area contributed by atoms with Crippen LogP contribution in [0.15, 0.2) is 18.2 Å². The van der Waals surface area contributed by atoms with Crippen LogP contribution < -0.4 is 11.3 Å². The average molecular weight is 265 g/mol. The number of nitrogens with one attached hydrogen (secondary N) is 1. The van der Waals surface area contributed by atoms with E-state index >= 15 is 0 Å². The number of hydrogen-bond donors (Lipinski definition) is 2. The summed E-state index contributed by atoms with van der Waals surface area (Å²) in [6.45, 7) is 7.04. The Morgan fingerprint density at radius 3 is 2.68 bits per heavy atom. The molecule has 0 aliphatic carbocycles. The number of rotatable bonds is 6. The molecule has 0 aliphatic rings. The van der Waals surface area contributed by atoms with Crippen molar-refractivity contribution in [3.05, 3.63) is 29.3 Å². The normalized spacial score (nSPS) is 12.1. The van der Waals surface area contributed by atoms with Crippen molar-refractivity contribution < 1.29 is 9.53 Å². The lowest BCUT2D eigenvalue weighted by Gasteiger charge is -2.27. The van der Waals surface area contributed by atoms with Gasteiger partial charge in [-0.2, -0.15) is 0 Å². The van der Waals surface area contributed by atoms with Crippen molar-refractivity contribution in [2.45, 2.75) is 26.8 Å². The van der Waals surface area contributed by atoms with Gasteiger partial charge in [0.1, 0.15) is 0 Å². The van der Waals surface area contributed by atoms with Crippen molar-refractivity contribution in [2.24, 2.45) is 5.84 Å². The number of methoxy groups -OCH3 is 1. The Hall–Kier alpha value is -1.59. The molecule has 0 fully saturated rings. The minimum absolute atomic E-state index is 0.0127. The van der Waals surface area contributed by atoms with Crippen LogP contribution in [-0.2, 0) is 4.74 Å². The molecule has 1 atom stereocenters. The van der Waals surface area contributed by atoms with E-state index < -0.39 is 0 Å². The maximum atomic E-state index is 12.5. The summed E-state index contributed by atoms with van der Waals surface area (Å²) >= 11 is 0. The Labute approximate surface area is 114 Å². The highest BCUT2D eigenvalue weighted by atomic mass is 16.5. The van der Waals surface area contributed by atoms with E-state index in [9.17, 15) is 4.79 Å². The molecule has 0 radical (unpaired) electrons. The van der Waals surface area contributed by atoms with E-state index in [1.165, 1.54) is 0 Å². The van der Waals surface area contributed by atoms with Crippen molar-refractivity contribution in [3.8, 4) is 0 Å². The molecule has 0 spiro atoms. The lowest BCUT2D eigenvalue weighted by molar-refractivity contribution is 0.0579. The molecule has 5 nitrogen and oxygen atoms in total. The Bertz CT molecular complexity index is 435. The zero-order chi connectivity index (χ0) is 14.4. The molecule has 106 valence electrons. The van der Waals surface area contributed by atoms with E-state index in [-0.39, 0.29) is 11.9 Å². The number of likely N-dealkylation sites (N-methyl/N-ethyl adjacent to an activating group) is 1. The lowest BCUT2D eigenvalue weighted by atomic mass is 10.1. The largest absolute Gasteiger partial charge is 0.383 e. The first-order valence-electron chi connectivity index (χ1n) is 6.42. The molecule has 1 amide bonds. The molecule has 1 aromatic carbocycles. The van der Waals surface area contributed by atoms with Crippen LogP contribution in [0, 0.1) is 6.92 Å². The number of amides is 1. The van der Waals surface area contributed by atoms with Gasteiger partial charge in [-0.25, -0.2) is 0 Å². The highest BCUT2D eigenvalue weighted by Crippen LogP contribution is 2.17. The third kappa shape index (κ3) is 3.68. The highest BCUT2D eigenvalue weighted by molar-refractivity contribution is 5.95. The van der Waals surface area contributed by atoms with Crippen LogP contribution in [0.25, 0.3) is 0 Å². The smallest absolute Gasteiger partial charge is 0.254 e. The van der Waals surface area contributed by atoms with Crippen LogP contribution >= 0.6 is 0 Å². The molecule has 5 heteroatoms. The number of hydrazine groups is 1. The molecule has 0 bridgehead atoms. The molecule has 0 aromatic heterocycles. The van der Waals surface area contributed by atoms with Gasteiger partial charge in [-0.1, -0.05) is 0 Å². The summed E-state index contributed by atoms with van der Waals surface area (Å²) < 4.78 is 5.11. The maximum absolute atomic E-state index is 12.5. The first kappa shape index (κ1) is 15.5. The molecule has 0 aliphatic heterocycles.